The van der Waals surface area contributed by atoms with E-state index in [1.54, 1.807) is 38.3 Å². The third kappa shape index (κ3) is 5.44. The predicted molar refractivity (Wildman–Crippen MR) is 103 cm³/mol. The van der Waals surface area contributed by atoms with Gasteiger partial charge in [0.25, 0.3) is 11.6 Å². The van der Waals surface area contributed by atoms with Crippen molar-refractivity contribution in [1.29, 1.82) is 0 Å². The van der Waals surface area contributed by atoms with Crippen molar-refractivity contribution in [3.05, 3.63) is 52.6 Å². The van der Waals surface area contributed by atoms with Gasteiger partial charge in [0.05, 0.1) is 12.0 Å². The van der Waals surface area contributed by atoms with Crippen LogP contribution in [0.15, 0.2) is 42.5 Å². The monoisotopic (exact) mass is 372 g/mol. The fourth-order valence-electron chi connectivity index (χ4n) is 2.45. The van der Waals surface area contributed by atoms with Gasteiger partial charge >= 0.3 is 0 Å². The van der Waals surface area contributed by atoms with Crippen LogP contribution < -0.4 is 14.8 Å². The van der Waals surface area contributed by atoms with Crippen LogP contribution in [0.1, 0.15) is 27.7 Å². The standard InChI is InChI=1S/C20H24N2O5/c1-13(19(23)21-20(2,3)4)27-18-11-8-15(22(24)25)12-17(18)14-6-9-16(26-5)10-7-14/h6-13H,1-5H3,(H,21,23)/t13-/m0/s1. The molecular weight excluding hydrogens is 348 g/mol. The van der Waals surface area contributed by atoms with E-state index in [1.807, 2.05) is 20.8 Å². The van der Waals surface area contributed by atoms with Crippen LogP contribution in [-0.4, -0.2) is 29.6 Å². The molecular formula is C20H24N2O5. The van der Waals surface area contributed by atoms with Gasteiger partial charge in [0.1, 0.15) is 11.5 Å². The van der Waals surface area contributed by atoms with E-state index >= 15 is 0 Å². The fraction of sp³-hybridized carbons (Fsp3) is 0.350. The zero-order valence-electron chi connectivity index (χ0n) is 16.1. The highest BCUT2D eigenvalue weighted by molar-refractivity contribution is 5.82. The number of carbonyl (C=O) groups is 1. The van der Waals surface area contributed by atoms with Gasteiger partial charge in [0.2, 0.25) is 0 Å². The second-order valence-corrected chi connectivity index (χ2v) is 7.17. The van der Waals surface area contributed by atoms with Crippen molar-refractivity contribution in [2.75, 3.05) is 7.11 Å². The second kappa shape index (κ2) is 8.07. The Morgan fingerprint density at radius 1 is 1.15 bits per heavy atom. The van der Waals surface area contributed by atoms with Gasteiger partial charge in [-0.1, -0.05) is 12.1 Å². The molecule has 7 nitrogen and oxygen atoms in total. The van der Waals surface area contributed by atoms with Crippen molar-refractivity contribution in [2.24, 2.45) is 0 Å². The van der Waals surface area contributed by atoms with E-state index in [0.717, 1.165) is 5.56 Å². The average Bonchev–Trinajstić information content (AvgIpc) is 2.60. The molecule has 0 saturated carbocycles. The minimum Gasteiger partial charge on any atom is -0.497 e. The van der Waals surface area contributed by atoms with E-state index in [1.165, 1.54) is 18.2 Å². The van der Waals surface area contributed by atoms with Crippen LogP contribution >= 0.6 is 0 Å². The van der Waals surface area contributed by atoms with Crippen molar-refractivity contribution in [2.45, 2.75) is 39.3 Å². The van der Waals surface area contributed by atoms with Gasteiger partial charge in [0, 0.05) is 23.2 Å². The molecule has 0 saturated heterocycles. The number of nitrogens with one attached hydrogen (secondary N) is 1. The number of carbonyl (C=O) groups excluding carboxylic acids is 1. The number of non-ortho nitro benzene ring substituents is 1. The molecule has 27 heavy (non-hydrogen) atoms. The van der Waals surface area contributed by atoms with Crippen LogP contribution in [0.3, 0.4) is 0 Å². The van der Waals surface area contributed by atoms with E-state index in [4.69, 9.17) is 9.47 Å². The summed E-state index contributed by atoms with van der Waals surface area (Å²) in [5.41, 5.74) is 0.809. The quantitative estimate of drug-likeness (QED) is 0.612. The van der Waals surface area contributed by atoms with Crippen LogP contribution in [0.25, 0.3) is 11.1 Å². The Hall–Kier alpha value is -3.09. The molecule has 0 aliphatic rings. The summed E-state index contributed by atoms with van der Waals surface area (Å²) in [5.74, 6) is 0.799. The highest BCUT2D eigenvalue weighted by Gasteiger charge is 2.22. The zero-order chi connectivity index (χ0) is 20.2. The molecule has 1 amide bonds. The molecule has 0 spiro atoms. The summed E-state index contributed by atoms with van der Waals surface area (Å²) in [4.78, 5) is 23.0. The summed E-state index contributed by atoms with van der Waals surface area (Å²) in [7, 11) is 1.56. The average molecular weight is 372 g/mol. The lowest BCUT2D eigenvalue weighted by molar-refractivity contribution is -0.384. The summed E-state index contributed by atoms with van der Waals surface area (Å²) in [6.45, 7) is 7.28. The lowest BCUT2D eigenvalue weighted by Crippen LogP contribution is -2.46. The molecule has 0 fully saturated rings. The minimum absolute atomic E-state index is 0.0556. The normalized spacial score (nSPS) is 12.2. The molecule has 0 aromatic heterocycles. The SMILES string of the molecule is COc1ccc(-c2cc([N+](=O)[O-])ccc2O[C@@H](C)C(=O)NC(C)(C)C)cc1. The van der Waals surface area contributed by atoms with E-state index in [9.17, 15) is 14.9 Å². The summed E-state index contributed by atoms with van der Waals surface area (Å²) in [6, 6.07) is 11.4. The first-order valence-electron chi connectivity index (χ1n) is 8.52. The Bertz CT molecular complexity index is 825. The van der Waals surface area contributed by atoms with Gasteiger partial charge in [-0.2, -0.15) is 0 Å². The van der Waals surface area contributed by atoms with Gasteiger partial charge in [-0.05, 0) is 51.5 Å². The highest BCUT2D eigenvalue weighted by Crippen LogP contribution is 2.35. The Kier molecular flexibility index (Phi) is 6.05. The van der Waals surface area contributed by atoms with Crippen molar-refractivity contribution in [1.82, 2.24) is 5.32 Å². The molecule has 0 radical (unpaired) electrons. The maximum Gasteiger partial charge on any atom is 0.270 e. The number of benzene rings is 2. The number of hydrogen-bond acceptors (Lipinski definition) is 5. The number of hydrogen-bond donors (Lipinski definition) is 1. The minimum atomic E-state index is -0.761. The summed E-state index contributed by atoms with van der Waals surface area (Å²) in [6.07, 6.45) is -0.761. The van der Waals surface area contributed by atoms with Crippen molar-refractivity contribution in [3.63, 3.8) is 0 Å². The third-order valence-electron chi connectivity index (χ3n) is 3.75. The molecule has 7 heteroatoms. The molecule has 2 aromatic carbocycles. The highest BCUT2D eigenvalue weighted by atomic mass is 16.6. The molecule has 0 aliphatic heterocycles. The van der Waals surface area contributed by atoms with Gasteiger partial charge in [-0.15, -0.1) is 0 Å². The smallest absolute Gasteiger partial charge is 0.270 e. The summed E-state index contributed by atoms with van der Waals surface area (Å²) < 4.78 is 11.0. The van der Waals surface area contributed by atoms with Crippen molar-refractivity contribution in [3.8, 4) is 22.6 Å². The molecule has 0 bridgehead atoms. The second-order valence-electron chi connectivity index (χ2n) is 7.17. The number of methoxy groups -OCH3 is 1. The Morgan fingerprint density at radius 2 is 1.78 bits per heavy atom. The van der Waals surface area contributed by atoms with E-state index < -0.39 is 11.0 Å². The van der Waals surface area contributed by atoms with Gasteiger partial charge < -0.3 is 14.8 Å². The first-order chi connectivity index (χ1) is 12.6. The molecule has 0 heterocycles. The summed E-state index contributed by atoms with van der Waals surface area (Å²) in [5, 5.41) is 14.0. The largest absolute Gasteiger partial charge is 0.497 e. The molecule has 2 aromatic rings. The number of nitrogens with zero attached hydrogens (tertiary/aromatic N) is 1. The third-order valence-corrected chi connectivity index (χ3v) is 3.75. The van der Waals surface area contributed by atoms with E-state index in [2.05, 4.69) is 5.32 Å². The fourth-order valence-corrected chi connectivity index (χ4v) is 2.45. The number of amides is 1. The number of rotatable bonds is 6. The Morgan fingerprint density at radius 3 is 2.30 bits per heavy atom. The maximum absolute atomic E-state index is 12.3. The maximum atomic E-state index is 12.3. The number of nitro groups is 1. The van der Waals surface area contributed by atoms with Crippen LogP contribution in [-0.2, 0) is 4.79 Å². The van der Waals surface area contributed by atoms with Crippen molar-refractivity contribution < 1.29 is 19.2 Å². The Balaban J connectivity index is 2.37. The van der Waals surface area contributed by atoms with E-state index in [-0.39, 0.29) is 17.1 Å². The molecule has 0 aliphatic carbocycles. The Labute approximate surface area is 158 Å². The predicted octanol–water partition coefficient (Wildman–Crippen LogP) is 3.95. The zero-order valence-corrected chi connectivity index (χ0v) is 16.1. The van der Waals surface area contributed by atoms with Gasteiger partial charge in [-0.25, -0.2) is 0 Å². The number of ether oxygens (including phenoxy) is 2. The molecule has 144 valence electrons. The van der Waals surface area contributed by atoms with Crippen LogP contribution in [0.4, 0.5) is 5.69 Å². The summed E-state index contributed by atoms with van der Waals surface area (Å²) >= 11 is 0. The van der Waals surface area contributed by atoms with E-state index in [0.29, 0.717) is 17.1 Å². The van der Waals surface area contributed by atoms with Crippen LogP contribution in [0, 0.1) is 10.1 Å². The lowest BCUT2D eigenvalue weighted by Gasteiger charge is -2.24. The van der Waals surface area contributed by atoms with Crippen LogP contribution in [0.2, 0.25) is 0 Å². The first kappa shape index (κ1) is 20.2. The molecule has 2 rings (SSSR count). The molecule has 0 unspecified atom stereocenters. The van der Waals surface area contributed by atoms with Gasteiger partial charge in [-0.3, -0.25) is 14.9 Å². The van der Waals surface area contributed by atoms with Crippen LogP contribution in [0.5, 0.6) is 11.5 Å². The molecule has 1 N–H and O–H groups in total. The first-order valence-corrected chi connectivity index (χ1v) is 8.52. The number of nitro benzene ring substituents is 1. The topological polar surface area (TPSA) is 90.7 Å². The lowest BCUT2D eigenvalue weighted by atomic mass is 10.0. The molecule has 1 atom stereocenters. The van der Waals surface area contributed by atoms with Crippen molar-refractivity contribution >= 4 is 11.6 Å². The van der Waals surface area contributed by atoms with Gasteiger partial charge in [0.15, 0.2) is 6.10 Å².